The zero-order chi connectivity index (χ0) is 23.9. The summed E-state index contributed by atoms with van der Waals surface area (Å²) in [6.45, 7) is 3.10. The predicted octanol–water partition coefficient (Wildman–Crippen LogP) is 4.75. The number of aryl methyl sites for hydroxylation is 1. The molecule has 0 bridgehead atoms. The largest absolute Gasteiger partial charge is 0.454 e. The van der Waals surface area contributed by atoms with E-state index < -0.39 is 26.9 Å². The summed E-state index contributed by atoms with van der Waals surface area (Å²) in [5.41, 5.74) is 1.33. The highest BCUT2D eigenvalue weighted by atomic mass is 32.2. The quantitative estimate of drug-likeness (QED) is 0.423. The Bertz CT molecular complexity index is 1520. The van der Waals surface area contributed by atoms with Crippen molar-refractivity contribution in [1.82, 2.24) is 9.55 Å². The summed E-state index contributed by atoms with van der Waals surface area (Å²) < 4.78 is 62.0. The molecule has 33 heavy (non-hydrogen) atoms. The maximum atomic E-state index is 14.3. The van der Waals surface area contributed by atoms with Crippen LogP contribution in [0, 0.1) is 11.6 Å². The number of benzene rings is 2. The second-order valence-electron chi connectivity index (χ2n) is 7.81. The van der Waals surface area contributed by atoms with Crippen LogP contribution in [0.25, 0.3) is 22.0 Å². The summed E-state index contributed by atoms with van der Waals surface area (Å²) >= 11 is 0. The van der Waals surface area contributed by atoms with Crippen molar-refractivity contribution in [2.75, 3.05) is 4.72 Å². The number of sulfonamides is 1. The van der Waals surface area contributed by atoms with Crippen LogP contribution >= 0.6 is 0 Å². The maximum Gasteiger partial charge on any atom is 0.274 e. The Morgan fingerprint density at radius 2 is 1.76 bits per heavy atom. The molecule has 0 saturated heterocycles. The number of hydrogen-bond acceptors (Lipinski definition) is 4. The third-order valence-corrected chi connectivity index (χ3v) is 6.92. The first-order chi connectivity index (χ1) is 15.6. The van der Waals surface area contributed by atoms with E-state index in [1.807, 2.05) is 0 Å². The van der Waals surface area contributed by atoms with Gasteiger partial charge in [-0.3, -0.25) is 9.52 Å². The Kier molecular flexibility index (Phi) is 5.71. The third kappa shape index (κ3) is 4.34. The molecule has 10 heteroatoms. The van der Waals surface area contributed by atoms with Crippen molar-refractivity contribution >= 4 is 26.6 Å². The van der Waals surface area contributed by atoms with Gasteiger partial charge in [0.05, 0.1) is 5.25 Å². The van der Waals surface area contributed by atoms with Gasteiger partial charge in [0.2, 0.25) is 10.0 Å². The van der Waals surface area contributed by atoms with Gasteiger partial charge in [-0.2, -0.15) is 0 Å². The molecule has 2 aromatic heterocycles. The zero-order valence-electron chi connectivity index (χ0n) is 18.0. The number of aromatic nitrogens is 2. The Morgan fingerprint density at radius 3 is 2.45 bits per heavy atom. The van der Waals surface area contributed by atoms with E-state index in [0.717, 1.165) is 12.1 Å². The van der Waals surface area contributed by atoms with Crippen LogP contribution in [0.2, 0.25) is 0 Å². The molecule has 2 N–H and O–H groups in total. The SMILES string of the molecule is CC(C)S(=O)(=O)Nc1ccc(Oc2ccc(F)cc2F)c(-c2cn(C)c(=O)c3[nH]ccc23)c1. The standard InChI is InChI=1S/C23H21F2N3O4S/c1-13(2)33(30,31)27-15-5-7-20(32-21-6-4-14(24)10-19(21)25)17(11-15)18-12-28(3)23(29)22-16(18)8-9-26-22/h4-13,26-27H,1-3H3. The lowest BCUT2D eigenvalue weighted by Gasteiger charge is -2.17. The van der Waals surface area contributed by atoms with E-state index in [1.54, 1.807) is 45.4 Å². The van der Waals surface area contributed by atoms with E-state index >= 15 is 0 Å². The number of H-pyrrole nitrogens is 1. The van der Waals surface area contributed by atoms with Crippen LogP contribution in [0.3, 0.4) is 0 Å². The van der Waals surface area contributed by atoms with Gasteiger partial charge in [0.1, 0.15) is 17.1 Å². The molecule has 0 aliphatic carbocycles. The van der Waals surface area contributed by atoms with E-state index in [0.29, 0.717) is 28.1 Å². The van der Waals surface area contributed by atoms with Gasteiger partial charge >= 0.3 is 0 Å². The van der Waals surface area contributed by atoms with Gasteiger partial charge in [-0.05, 0) is 50.2 Å². The Morgan fingerprint density at radius 1 is 1.03 bits per heavy atom. The summed E-state index contributed by atoms with van der Waals surface area (Å²) in [5.74, 6) is -1.65. The number of fused-ring (bicyclic) bond motifs is 1. The molecule has 0 aliphatic rings. The number of nitrogens with zero attached hydrogens (tertiary/aromatic N) is 1. The Labute approximate surface area is 188 Å². The summed E-state index contributed by atoms with van der Waals surface area (Å²) in [7, 11) is -2.05. The normalized spacial score (nSPS) is 11.8. The number of halogens is 2. The van der Waals surface area contributed by atoms with Crippen LogP contribution in [-0.4, -0.2) is 23.2 Å². The number of pyridine rings is 1. The van der Waals surface area contributed by atoms with E-state index in [2.05, 4.69) is 9.71 Å². The van der Waals surface area contributed by atoms with Gasteiger partial charge in [-0.25, -0.2) is 17.2 Å². The molecule has 0 fully saturated rings. The molecule has 0 atom stereocenters. The van der Waals surface area contributed by atoms with E-state index in [9.17, 15) is 22.0 Å². The minimum Gasteiger partial charge on any atom is -0.454 e. The van der Waals surface area contributed by atoms with Crippen molar-refractivity contribution in [2.45, 2.75) is 19.1 Å². The summed E-state index contributed by atoms with van der Waals surface area (Å²) in [5, 5.41) is -0.0921. The van der Waals surface area contributed by atoms with E-state index in [1.165, 1.54) is 16.7 Å². The van der Waals surface area contributed by atoms with Crippen molar-refractivity contribution < 1.29 is 21.9 Å². The first kappa shape index (κ1) is 22.5. The van der Waals surface area contributed by atoms with Gasteiger partial charge in [0.25, 0.3) is 5.56 Å². The summed E-state index contributed by atoms with van der Waals surface area (Å²) in [6.07, 6.45) is 3.20. The maximum absolute atomic E-state index is 14.3. The Hall–Kier alpha value is -3.66. The summed E-state index contributed by atoms with van der Waals surface area (Å²) in [4.78, 5) is 15.4. The molecule has 0 aliphatic heterocycles. The second kappa shape index (κ2) is 8.36. The van der Waals surface area contributed by atoms with E-state index in [-0.39, 0.29) is 22.7 Å². The predicted molar refractivity (Wildman–Crippen MR) is 123 cm³/mol. The molecule has 172 valence electrons. The van der Waals surface area contributed by atoms with E-state index in [4.69, 9.17) is 4.74 Å². The van der Waals surface area contributed by atoms with Crippen molar-refractivity contribution in [3.05, 3.63) is 76.8 Å². The number of ether oxygens (including phenoxy) is 1. The molecule has 0 unspecified atom stereocenters. The fraction of sp³-hybridized carbons (Fsp3) is 0.174. The topological polar surface area (TPSA) is 93.2 Å². The number of aromatic amines is 1. The fourth-order valence-corrected chi connectivity index (χ4v) is 4.03. The third-order valence-electron chi connectivity index (χ3n) is 5.16. The average molecular weight is 474 g/mol. The molecule has 7 nitrogen and oxygen atoms in total. The van der Waals surface area contributed by atoms with Crippen LogP contribution in [0.4, 0.5) is 14.5 Å². The lowest BCUT2D eigenvalue weighted by molar-refractivity contribution is 0.439. The first-order valence-corrected chi connectivity index (χ1v) is 11.6. The molecule has 0 saturated carbocycles. The van der Waals surface area contributed by atoms with Gasteiger partial charge in [-0.15, -0.1) is 0 Å². The molecular formula is C23H21F2N3O4S. The monoisotopic (exact) mass is 473 g/mol. The molecular weight excluding hydrogens is 452 g/mol. The van der Waals surface area contributed by atoms with Crippen LogP contribution in [0.1, 0.15) is 13.8 Å². The number of anilines is 1. The van der Waals surface area contributed by atoms with Gasteiger partial charge < -0.3 is 14.3 Å². The van der Waals surface area contributed by atoms with Gasteiger partial charge in [0, 0.05) is 47.7 Å². The highest BCUT2D eigenvalue weighted by Gasteiger charge is 2.20. The van der Waals surface area contributed by atoms with Crippen LogP contribution in [-0.2, 0) is 17.1 Å². The highest BCUT2D eigenvalue weighted by Crippen LogP contribution is 2.39. The highest BCUT2D eigenvalue weighted by molar-refractivity contribution is 7.93. The van der Waals surface area contributed by atoms with Crippen LogP contribution in [0.5, 0.6) is 11.5 Å². The second-order valence-corrected chi connectivity index (χ2v) is 10.0. The van der Waals surface area contributed by atoms with Crippen molar-refractivity contribution in [2.24, 2.45) is 7.05 Å². The Balaban J connectivity index is 1.92. The van der Waals surface area contributed by atoms with Crippen LogP contribution in [0.15, 0.2) is 59.7 Å². The minimum absolute atomic E-state index is 0.189. The minimum atomic E-state index is -3.63. The number of nitrogens with one attached hydrogen (secondary N) is 2. The molecule has 0 amide bonds. The molecule has 0 radical (unpaired) electrons. The van der Waals surface area contributed by atoms with Crippen LogP contribution < -0.4 is 15.0 Å². The number of rotatable bonds is 6. The molecule has 4 rings (SSSR count). The lowest BCUT2D eigenvalue weighted by atomic mass is 10.0. The van der Waals surface area contributed by atoms with Crippen molar-refractivity contribution in [1.29, 1.82) is 0 Å². The first-order valence-electron chi connectivity index (χ1n) is 10.0. The fourth-order valence-electron chi connectivity index (χ4n) is 3.34. The van der Waals surface area contributed by atoms with Gasteiger partial charge in [-0.1, -0.05) is 0 Å². The lowest BCUT2D eigenvalue weighted by Crippen LogP contribution is -2.22. The molecule has 2 heterocycles. The molecule has 4 aromatic rings. The smallest absolute Gasteiger partial charge is 0.274 e. The molecule has 0 spiro atoms. The number of hydrogen-bond donors (Lipinski definition) is 2. The van der Waals surface area contributed by atoms with Gasteiger partial charge in [0.15, 0.2) is 11.6 Å². The average Bonchev–Trinajstić information content (AvgIpc) is 3.23. The van der Waals surface area contributed by atoms with Crippen molar-refractivity contribution in [3.8, 4) is 22.6 Å². The summed E-state index contributed by atoms with van der Waals surface area (Å²) in [6, 6.07) is 9.16. The zero-order valence-corrected chi connectivity index (χ0v) is 18.8. The van der Waals surface area contributed by atoms with Crippen molar-refractivity contribution in [3.63, 3.8) is 0 Å². The molecule has 2 aromatic carbocycles.